The Bertz CT molecular complexity index is 1460. The fraction of sp³-hybridized carbons (Fsp3) is 0.167. The van der Waals surface area contributed by atoms with Gasteiger partial charge in [0.25, 0.3) is 11.2 Å². The fourth-order valence-corrected chi connectivity index (χ4v) is 3.51. The quantitative estimate of drug-likeness (QED) is 0.196. The van der Waals surface area contributed by atoms with Crippen LogP contribution in [0.3, 0.4) is 0 Å². The summed E-state index contributed by atoms with van der Waals surface area (Å²) in [5.74, 6) is 1.29. The van der Waals surface area contributed by atoms with Gasteiger partial charge in [-0.05, 0) is 48.0 Å². The van der Waals surface area contributed by atoms with Crippen molar-refractivity contribution in [2.45, 2.75) is 26.2 Å². The number of benzene rings is 2. The van der Waals surface area contributed by atoms with Crippen LogP contribution in [-0.4, -0.2) is 25.8 Å². The molecule has 172 valence electrons. The molecule has 0 aliphatic carbocycles. The average molecular weight is 522 g/mol. The minimum atomic E-state index is -0.523. The molecule has 0 unspecified atom stereocenters. The average Bonchev–Trinajstić information content (AvgIpc) is 2.79. The van der Waals surface area contributed by atoms with E-state index in [0.29, 0.717) is 22.5 Å². The molecule has 0 spiro atoms. The van der Waals surface area contributed by atoms with Gasteiger partial charge in [0.05, 0.1) is 22.0 Å². The van der Waals surface area contributed by atoms with Gasteiger partial charge >= 0.3 is 0 Å². The Labute approximate surface area is 203 Å². The van der Waals surface area contributed by atoms with Crippen molar-refractivity contribution < 1.29 is 9.66 Å². The lowest BCUT2D eigenvalue weighted by molar-refractivity contribution is -0.385. The number of aromatic nitrogens is 3. The van der Waals surface area contributed by atoms with Crippen LogP contribution in [0.15, 0.2) is 75.2 Å². The zero-order valence-corrected chi connectivity index (χ0v) is 20.2. The molecule has 2 aromatic heterocycles. The summed E-state index contributed by atoms with van der Waals surface area (Å²) in [5, 5.41) is 15.7. The molecule has 0 atom stereocenters. The van der Waals surface area contributed by atoms with Crippen molar-refractivity contribution in [1.82, 2.24) is 14.6 Å². The summed E-state index contributed by atoms with van der Waals surface area (Å²) in [4.78, 5) is 32.0. The molecule has 2 aromatic carbocycles. The number of hydrogen-bond donors (Lipinski definition) is 0. The first-order chi connectivity index (χ1) is 16.1. The Morgan fingerprint density at radius 1 is 1.12 bits per heavy atom. The molecule has 0 bridgehead atoms. The Morgan fingerprint density at radius 3 is 2.47 bits per heavy atom. The molecule has 9 nitrogen and oxygen atoms in total. The number of nitrogens with zero attached hydrogens (tertiary/aromatic N) is 5. The summed E-state index contributed by atoms with van der Waals surface area (Å²) >= 11 is 3.40. The Kier molecular flexibility index (Phi) is 6.25. The summed E-state index contributed by atoms with van der Waals surface area (Å²) in [6, 6.07) is 15.1. The van der Waals surface area contributed by atoms with Gasteiger partial charge in [-0.2, -0.15) is 9.78 Å². The normalized spacial score (nSPS) is 11.8. The molecule has 0 aliphatic rings. The largest absolute Gasteiger partial charge is 0.439 e. The smallest absolute Gasteiger partial charge is 0.287 e. The van der Waals surface area contributed by atoms with Crippen LogP contribution >= 0.6 is 15.9 Å². The second-order valence-electron chi connectivity index (χ2n) is 8.49. The van der Waals surface area contributed by atoms with Crippen LogP contribution in [0.2, 0.25) is 0 Å². The second kappa shape index (κ2) is 9.14. The summed E-state index contributed by atoms with van der Waals surface area (Å²) in [6.45, 7) is 5.93. The minimum absolute atomic E-state index is 0.112. The molecule has 0 saturated carbocycles. The van der Waals surface area contributed by atoms with Crippen LogP contribution in [0.25, 0.3) is 10.9 Å². The Morgan fingerprint density at radius 2 is 1.85 bits per heavy atom. The van der Waals surface area contributed by atoms with Crippen molar-refractivity contribution in [3.8, 4) is 11.6 Å². The van der Waals surface area contributed by atoms with Gasteiger partial charge in [-0.15, -0.1) is 0 Å². The molecule has 0 radical (unpaired) electrons. The summed E-state index contributed by atoms with van der Waals surface area (Å²) in [5.41, 5.74) is 0.583. The number of rotatable bonds is 5. The highest BCUT2D eigenvalue weighted by atomic mass is 79.9. The number of nitro groups is 1. The van der Waals surface area contributed by atoms with Gasteiger partial charge in [0.1, 0.15) is 17.8 Å². The van der Waals surface area contributed by atoms with Crippen LogP contribution in [0.1, 0.15) is 32.2 Å². The lowest BCUT2D eigenvalue weighted by Gasteiger charge is -2.20. The van der Waals surface area contributed by atoms with Gasteiger partial charge in [-0.1, -0.05) is 36.7 Å². The first kappa shape index (κ1) is 23.2. The molecular weight excluding hydrogens is 502 g/mol. The van der Waals surface area contributed by atoms with Crippen LogP contribution in [-0.2, 0) is 5.41 Å². The van der Waals surface area contributed by atoms with Gasteiger partial charge < -0.3 is 4.74 Å². The van der Waals surface area contributed by atoms with Crippen LogP contribution in [0.4, 0.5) is 5.69 Å². The van der Waals surface area contributed by atoms with E-state index in [9.17, 15) is 14.9 Å². The summed E-state index contributed by atoms with van der Waals surface area (Å²) in [6.07, 6.45) is 2.72. The third-order valence-electron chi connectivity index (χ3n) is 4.84. The van der Waals surface area contributed by atoms with Gasteiger partial charge in [-0.25, -0.2) is 9.97 Å². The van der Waals surface area contributed by atoms with E-state index in [1.807, 2.05) is 32.9 Å². The topological polar surface area (TPSA) is 113 Å². The maximum atomic E-state index is 13.2. The molecule has 2 heterocycles. The van der Waals surface area contributed by atoms with Gasteiger partial charge in [0.15, 0.2) is 0 Å². The van der Waals surface area contributed by atoms with E-state index in [4.69, 9.17) is 9.72 Å². The van der Waals surface area contributed by atoms with Crippen molar-refractivity contribution >= 4 is 38.7 Å². The zero-order chi connectivity index (χ0) is 24.5. The van der Waals surface area contributed by atoms with Crippen molar-refractivity contribution in [3.05, 3.63) is 97.1 Å². The van der Waals surface area contributed by atoms with Crippen LogP contribution in [0, 0.1) is 10.1 Å². The molecule has 4 aromatic rings. The molecule has 0 N–H and O–H groups in total. The van der Waals surface area contributed by atoms with E-state index in [1.165, 1.54) is 16.8 Å². The van der Waals surface area contributed by atoms with Crippen LogP contribution in [0.5, 0.6) is 11.6 Å². The van der Waals surface area contributed by atoms with E-state index in [2.05, 4.69) is 26.0 Å². The summed E-state index contributed by atoms with van der Waals surface area (Å²) in [7, 11) is 0. The third-order valence-corrected chi connectivity index (χ3v) is 5.33. The van der Waals surface area contributed by atoms with E-state index in [0.717, 1.165) is 16.2 Å². The van der Waals surface area contributed by atoms with Crippen molar-refractivity contribution in [2.75, 3.05) is 0 Å². The monoisotopic (exact) mass is 521 g/mol. The van der Waals surface area contributed by atoms with E-state index in [1.54, 1.807) is 36.5 Å². The highest BCUT2D eigenvalue weighted by Gasteiger charge is 2.22. The number of pyridine rings is 1. The van der Waals surface area contributed by atoms with Crippen molar-refractivity contribution in [2.24, 2.45) is 5.10 Å². The van der Waals surface area contributed by atoms with E-state index in [-0.39, 0.29) is 17.1 Å². The predicted octanol–water partition coefficient (Wildman–Crippen LogP) is 5.43. The van der Waals surface area contributed by atoms with Crippen LogP contribution < -0.4 is 10.3 Å². The lowest BCUT2D eigenvalue weighted by Crippen LogP contribution is -2.29. The van der Waals surface area contributed by atoms with Gasteiger partial charge in [-0.3, -0.25) is 14.9 Å². The molecule has 4 rings (SSSR count). The molecule has 0 fully saturated rings. The lowest BCUT2D eigenvalue weighted by atomic mass is 9.95. The first-order valence-corrected chi connectivity index (χ1v) is 11.1. The first-order valence-electron chi connectivity index (χ1n) is 10.3. The fourth-order valence-electron chi connectivity index (χ4n) is 3.15. The highest BCUT2D eigenvalue weighted by molar-refractivity contribution is 9.10. The van der Waals surface area contributed by atoms with E-state index >= 15 is 0 Å². The second-order valence-corrected chi connectivity index (χ2v) is 9.41. The minimum Gasteiger partial charge on any atom is -0.439 e. The number of ether oxygens (including phenoxy) is 1. The summed E-state index contributed by atoms with van der Waals surface area (Å²) < 4.78 is 7.75. The molecule has 0 amide bonds. The molecule has 34 heavy (non-hydrogen) atoms. The Balaban J connectivity index is 1.62. The highest BCUT2D eigenvalue weighted by Crippen LogP contribution is 2.24. The zero-order valence-electron chi connectivity index (χ0n) is 18.6. The molecule has 0 saturated heterocycles. The van der Waals surface area contributed by atoms with Gasteiger partial charge in [0.2, 0.25) is 5.88 Å². The molecule has 0 aliphatic heterocycles. The molecular formula is C24H20BrN5O4. The van der Waals surface area contributed by atoms with Crippen molar-refractivity contribution in [3.63, 3.8) is 0 Å². The SMILES string of the molecule is CC(C)(C)c1nc2ccc(Br)cc2c(=O)n1N=Cc1ccc(Oc2ccc([N+](=O)[O-])cn2)cc1. The van der Waals surface area contributed by atoms with E-state index < -0.39 is 10.3 Å². The maximum Gasteiger partial charge on any atom is 0.287 e. The Hall–Kier alpha value is -3.92. The van der Waals surface area contributed by atoms with Gasteiger partial charge in [0, 0.05) is 22.0 Å². The molecule has 10 heteroatoms. The standard InChI is InChI=1S/C24H20BrN5O4/c1-24(2,3)23-28-20-10-6-16(25)12-19(20)22(31)29(23)27-13-15-4-8-18(9-5-15)34-21-11-7-17(14-26-21)30(32)33/h4-14H,1-3H3. The number of fused-ring (bicyclic) bond motifs is 1. The predicted molar refractivity (Wildman–Crippen MR) is 133 cm³/mol. The third kappa shape index (κ3) is 5.01. The maximum absolute atomic E-state index is 13.2. The van der Waals surface area contributed by atoms with Crippen molar-refractivity contribution in [1.29, 1.82) is 0 Å². The number of halogens is 1. The number of hydrogen-bond acceptors (Lipinski definition) is 7.